The molecule has 4 nitrogen and oxygen atoms in total. The molecule has 4 heteroatoms. The molecule has 1 heterocycles. The third kappa shape index (κ3) is 3.76. The maximum Gasteiger partial charge on any atom is 0.237 e. The number of piperidine rings is 1. The van der Waals surface area contributed by atoms with Crippen LogP contribution in [0.4, 0.5) is 0 Å². The van der Waals surface area contributed by atoms with Gasteiger partial charge in [-0.05, 0) is 37.6 Å². The van der Waals surface area contributed by atoms with Crippen molar-refractivity contribution in [2.24, 2.45) is 5.41 Å². The zero-order valence-electron chi connectivity index (χ0n) is 10.4. The van der Waals surface area contributed by atoms with Gasteiger partial charge in [0.1, 0.15) is 0 Å². The molecule has 1 aliphatic heterocycles. The summed E-state index contributed by atoms with van der Waals surface area (Å²) in [5.41, 5.74) is 0.0410. The van der Waals surface area contributed by atoms with Crippen LogP contribution in [0.5, 0.6) is 0 Å². The molecule has 1 atom stereocenters. The molecule has 1 amide bonds. The van der Waals surface area contributed by atoms with Crippen molar-refractivity contribution in [3.63, 3.8) is 0 Å². The second kappa shape index (κ2) is 6.21. The predicted molar refractivity (Wildman–Crippen MR) is 64.1 cm³/mol. The van der Waals surface area contributed by atoms with E-state index in [1.807, 2.05) is 0 Å². The highest BCUT2D eigenvalue weighted by molar-refractivity contribution is 5.82. The van der Waals surface area contributed by atoms with Gasteiger partial charge in [-0.2, -0.15) is 0 Å². The quantitative estimate of drug-likeness (QED) is 0.606. The fourth-order valence-electron chi connectivity index (χ4n) is 2.21. The molecule has 1 rings (SSSR count). The van der Waals surface area contributed by atoms with Gasteiger partial charge in [-0.15, -0.1) is 0 Å². The summed E-state index contributed by atoms with van der Waals surface area (Å²) >= 11 is 0. The number of hydrogen-bond acceptors (Lipinski definition) is 3. The van der Waals surface area contributed by atoms with Crippen LogP contribution in [0.3, 0.4) is 0 Å². The number of aliphatic hydroxyl groups excluding tert-OH is 1. The van der Waals surface area contributed by atoms with E-state index in [2.05, 4.69) is 24.5 Å². The van der Waals surface area contributed by atoms with Crippen LogP contribution in [0.15, 0.2) is 0 Å². The van der Waals surface area contributed by atoms with Crippen molar-refractivity contribution < 1.29 is 9.90 Å². The number of rotatable bonds is 5. The average Bonchev–Trinajstić information content (AvgIpc) is 2.23. The van der Waals surface area contributed by atoms with Crippen molar-refractivity contribution in [2.45, 2.75) is 45.6 Å². The molecular weight excluding hydrogens is 204 g/mol. The number of amides is 1. The molecule has 16 heavy (non-hydrogen) atoms. The Labute approximate surface area is 97.8 Å². The fraction of sp³-hybridized carbons (Fsp3) is 0.917. The van der Waals surface area contributed by atoms with E-state index in [-0.39, 0.29) is 24.0 Å². The summed E-state index contributed by atoms with van der Waals surface area (Å²) in [6, 6.07) is -0.0737. The first-order valence-corrected chi connectivity index (χ1v) is 6.20. The SMILES string of the molecule is CC1(C)CCCNC1C(=O)NCCCCO. The third-order valence-corrected chi connectivity index (χ3v) is 3.27. The van der Waals surface area contributed by atoms with Gasteiger partial charge in [-0.1, -0.05) is 13.8 Å². The predicted octanol–water partition coefficient (Wildman–Crippen LogP) is 0.653. The smallest absolute Gasteiger partial charge is 0.237 e. The van der Waals surface area contributed by atoms with Crippen LogP contribution in [0.1, 0.15) is 39.5 Å². The minimum Gasteiger partial charge on any atom is -0.396 e. The molecule has 0 aromatic rings. The Bertz CT molecular complexity index is 229. The number of aliphatic hydroxyl groups is 1. The maximum atomic E-state index is 11.9. The zero-order valence-corrected chi connectivity index (χ0v) is 10.4. The molecule has 94 valence electrons. The minimum atomic E-state index is -0.0737. The van der Waals surface area contributed by atoms with Crippen molar-refractivity contribution >= 4 is 5.91 Å². The van der Waals surface area contributed by atoms with Gasteiger partial charge in [-0.3, -0.25) is 4.79 Å². The Morgan fingerprint density at radius 3 is 2.88 bits per heavy atom. The molecule has 1 unspecified atom stereocenters. The van der Waals surface area contributed by atoms with Crippen molar-refractivity contribution in [3.05, 3.63) is 0 Å². The molecule has 0 aliphatic carbocycles. The summed E-state index contributed by atoms with van der Waals surface area (Å²) in [4.78, 5) is 11.9. The van der Waals surface area contributed by atoms with Gasteiger partial charge in [0.25, 0.3) is 0 Å². The fourth-order valence-corrected chi connectivity index (χ4v) is 2.21. The van der Waals surface area contributed by atoms with Gasteiger partial charge in [0.15, 0.2) is 0 Å². The van der Waals surface area contributed by atoms with Crippen LogP contribution in [-0.2, 0) is 4.79 Å². The summed E-state index contributed by atoms with van der Waals surface area (Å²) in [6.07, 6.45) is 3.83. The Kier molecular flexibility index (Phi) is 5.22. The van der Waals surface area contributed by atoms with Crippen LogP contribution in [0, 0.1) is 5.41 Å². The van der Waals surface area contributed by atoms with Crippen LogP contribution in [0.2, 0.25) is 0 Å². The van der Waals surface area contributed by atoms with Crippen LogP contribution < -0.4 is 10.6 Å². The number of carbonyl (C=O) groups is 1. The lowest BCUT2D eigenvalue weighted by molar-refractivity contribution is -0.126. The molecule has 1 saturated heterocycles. The molecule has 0 bridgehead atoms. The average molecular weight is 228 g/mol. The molecule has 0 radical (unpaired) electrons. The van der Waals surface area contributed by atoms with E-state index in [0.29, 0.717) is 6.54 Å². The summed E-state index contributed by atoms with van der Waals surface area (Å²) in [7, 11) is 0. The highest BCUT2D eigenvalue weighted by Gasteiger charge is 2.36. The summed E-state index contributed by atoms with van der Waals surface area (Å²) in [5.74, 6) is 0.0997. The van der Waals surface area contributed by atoms with Gasteiger partial charge >= 0.3 is 0 Å². The van der Waals surface area contributed by atoms with Crippen molar-refractivity contribution in [1.29, 1.82) is 0 Å². The molecule has 0 aromatic heterocycles. The molecular formula is C12H24N2O2. The zero-order chi connectivity index (χ0) is 12.0. The van der Waals surface area contributed by atoms with Crippen LogP contribution in [0.25, 0.3) is 0 Å². The van der Waals surface area contributed by atoms with Gasteiger partial charge in [0.2, 0.25) is 5.91 Å². The van der Waals surface area contributed by atoms with E-state index >= 15 is 0 Å². The largest absolute Gasteiger partial charge is 0.396 e. The van der Waals surface area contributed by atoms with E-state index in [1.165, 1.54) is 0 Å². The number of nitrogens with one attached hydrogen (secondary N) is 2. The first kappa shape index (κ1) is 13.5. The molecule has 0 spiro atoms. The van der Waals surface area contributed by atoms with Crippen molar-refractivity contribution in [2.75, 3.05) is 19.7 Å². The Balaban J connectivity index is 2.34. The lowest BCUT2D eigenvalue weighted by atomic mass is 9.77. The van der Waals surface area contributed by atoms with Gasteiger partial charge in [0, 0.05) is 13.2 Å². The second-order valence-electron chi connectivity index (χ2n) is 5.20. The second-order valence-corrected chi connectivity index (χ2v) is 5.20. The van der Waals surface area contributed by atoms with E-state index in [0.717, 1.165) is 32.2 Å². The standard InChI is InChI=1S/C12H24N2O2/c1-12(2)6-5-8-13-10(12)11(16)14-7-3-4-9-15/h10,13,15H,3-9H2,1-2H3,(H,14,16). The van der Waals surface area contributed by atoms with E-state index in [1.54, 1.807) is 0 Å². The number of carbonyl (C=O) groups excluding carboxylic acids is 1. The lowest BCUT2D eigenvalue weighted by Crippen LogP contribution is -2.55. The first-order valence-electron chi connectivity index (χ1n) is 6.20. The monoisotopic (exact) mass is 228 g/mol. The molecule has 3 N–H and O–H groups in total. The molecule has 1 aliphatic rings. The Hall–Kier alpha value is -0.610. The summed E-state index contributed by atoms with van der Waals surface area (Å²) in [5, 5.41) is 14.9. The number of hydrogen-bond donors (Lipinski definition) is 3. The topological polar surface area (TPSA) is 61.4 Å². The molecule has 1 fully saturated rings. The number of unbranched alkanes of at least 4 members (excludes halogenated alkanes) is 1. The van der Waals surface area contributed by atoms with Crippen molar-refractivity contribution in [3.8, 4) is 0 Å². The Morgan fingerprint density at radius 2 is 2.25 bits per heavy atom. The van der Waals surface area contributed by atoms with Gasteiger partial charge in [-0.25, -0.2) is 0 Å². The van der Waals surface area contributed by atoms with Crippen LogP contribution >= 0.6 is 0 Å². The highest BCUT2D eigenvalue weighted by atomic mass is 16.2. The van der Waals surface area contributed by atoms with Crippen molar-refractivity contribution in [1.82, 2.24) is 10.6 Å². The summed E-state index contributed by atoms with van der Waals surface area (Å²) in [6.45, 7) is 6.06. The molecule has 0 aromatic carbocycles. The van der Waals surface area contributed by atoms with Crippen LogP contribution in [-0.4, -0.2) is 36.8 Å². The van der Waals surface area contributed by atoms with Gasteiger partial charge < -0.3 is 15.7 Å². The van der Waals surface area contributed by atoms with E-state index in [4.69, 9.17) is 5.11 Å². The lowest BCUT2D eigenvalue weighted by Gasteiger charge is -2.38. The third-order valence-electron chi connectivity index (χ3n) is 3.27. The van der Waals surface area contributed by atoms with Gasteiger partial charge in [0.05, 0.1) is 6.04 Å². The normalized spacial score (nSPS) is 24.1. The summed E-state index contributed by atoms with van der Waals surface area (Å²) < 4.78 is 0. The Morgan fingerprint density at radius 1 is 1.50 bits per heavy atom. The minimum absolute atomic E-state index is 0.0410. The highest BCUT2D eigenvalue weighted by Crippen LogP contribution is 2.29. The maximum absolute atomic E-state index is 11.9. The first-order chi connectivity index (χ1) is 7.58. The van der Waals surface area contributed by atoms with E-state index < -0.39 is 0 Å². The molecule has 0 saturated carbocycles. The van der Waals surface area contributed by atoms with E-state index in [9.17, 15) is 4.79 Å².